The van der Waals surface area contributed by atoms with Gasteiger partial charge in [0.05, 0.1) is 5.52 Å². The second kappa shape index (κ2) is 4.68. The molecule has 0 spiro atoms. The van der Waals surface area contributed by atoms with E-state index in [9.17, 15) is 4.79 Å². The van der Waals surface area contributed by atoms with Crippen molar-refractivity contribution in [3.63, 3.8) is 0 Å². The van der Waals surface area contributed by atoms with Gasteiger partial charge in [-0.05, 0) is 51.7 Å². The Kier molecular flexibility index (Phi) is 3.01. The van der Waals surface area contributed by atoms with Crippen molar-refractivity contribution in [2.45, 2.75) is 45.6 Å². The molecule has 1 aliphatic carbocycles. The highest BCUT2D eigenvalue weighted by molar-refractivity contribution is 5.76. The lowest BCUT2D eigenvalue weighted by atomic mass is 10.0. The van der Waals surface area contributed by atoms with Gasteiger partial charge in [0.15, 0.2) is 5.65 Å². The van der Waals surface area contributed by atoms with Crippen molar-refractivity contribution >= 4 is 16.9 Å². The third-order valence-corrected chi connectivity index (χ3v) is 3.71. The van der Waals surface area contributed by atoms with Gasteiger partial charge in [-0.25, -0.2) is 14.3 Å². The minimum Gasteiger partial charge on any atom is -0.287 e. The Labute approximate surface area is 112 Å². The molecule has 100 valence electrons. The van der Waals surface area contributed by atoms with Crippen molar-refractivity contribution < 1.29 is 0 Å². The molecule has 4 heteroatoms. The first-order valence-electron chi connectivity index (χ1n) is 6.97. The molecule has 2 heterocycles. The number of rotatable bonds is 2. The summed E-state index contributed by atoms with van der Waals surface area (Å²) in [6, 6.07) is 4.01. The van der Waals surface area contributed by atoms with Crippen molar-refractivity contribution in [2.24, 2.45) is 0 Å². The van der Waals surface area contributed by atoms with E-state index in [-0.39, 0.29) is 11.7 Å². The number of hydrogen-bond acceptors (Lipinski definition) is 2. The smallest absolute Gasteiger partial charge is 0.287 e. The topological polar surface area (TPSA) is 39.8 Å². The molecule has 19 heavy (non-hydrogen) atoms. The van der Waals surface area contributed by atoms with Crippen LogP contribution in [0.4, 0.5) is 0 Å². The molecule has 0 fully saturated rings. The van der Waals surface area contributed by atoms with Gasteiger partial charge in [0, 0.05) is 17.9 Å². The zero-order valence-electron chi connectivity index (χ0n) is 11.5. The van der Waals surface area contributed by atoms with Crippen LogP contribution in [0, 0.1) is 0 Å². The van der Waals surface area contributed by atoms with Gasteiger partial charge in [-0.2, -0.15) is 0 Å². The molecular formula is C15H19N3O. The fraction of sp³-hybridized carbons (Fsp3) is 0.467. The number of fused-ring (bicyclic) bond motifs is 1. The van der Waals surface area contributed by atoms with Crippen LogP contribution in [0.5, 0.6) is 0 Å². The maximum atomic E-state index is 12.7. The van der Waals surface area contributed by atoms with Crippen LogP contribution >= 0.6 is 0 Å². The first kappa shape index (κ1) is 12.2. The molecule has 0 radical (unpaired) electrons. The van der Waals surface area contributed by atoms with E-state index in [4.69, 9.17) is 0 Å². The second-order valence-electron chi connectivity index (χ2n) is 5.37. The van der Waals surface area contributed by atoms with Crippen molar-refractivity contribution in [1.29, 1.82) is 0 Å². The van der Waals surface area contributed by atoms with Crippen LogP contribution in [0.3, 0.4) is 0 Å². The Hall–Kier alpha value is -1.84. The average molecular weight is 257 g/mol. The van der Waals surface area contributed by atoms with E-state index in [2.05, 4.69) is 11.1 Å². The van der Waals surface area contributed by atoms with Crippen molar-refractivity contribution in [3.8, 4) is 0 Å². The van der Waals surface area contributed by atoms with Crippen molar-refractivity contribution in [3.05, 3.63) is 34.9 Å². The molecule has 0 unspecified atom stereocenters. The zero-order valence-corrected chi connectivity index (χ0v) is 11.5. The highest BCUT2D eigenvalue weighted by Crippen LogP contribution is 2.24. The summed E-state index contributed by atoms with van der Waals surface area (Å²) in [5.41, 5.74) is 2.86. The number of imidazole rings is 1. The molecule has 2 aromatic rings. The maximum Gasteiger partial charge on any atom is 0.334 e. The SMILES string of the molecule is CC(C)n1c(=O)n(C2=CCCCC2)c2ncccc21. The van der Waals surface area contributed by atoms with Crippen molar-refractivity contribution in [1.82, 2.24) is 14.1 Å². The van der Waals surface area contributed by atoms with E-state index in [0.717, 1.165) is 36.1 Å². The molecule has 4 nitrogen and oxygen atoms in total. The van der Waals surface area contributed by atoms with Gasteiger partial charge in [-0.1, -0.05) is 6.08 Å². The molecule has 0 aromatic carbocycles. The average Bonchev–Trinajstić information content (AvgIpc) is 2.71. The number of nitrogens with zero attached hydrogens (tertiary/aromatic N) is 3. The van der Waals surface area contributed by atoms with Crippen LogP contribution < -0.4 is 5.69 Å². The fourth-order valence-corrected chi connectivity index (χ4v) is 2.83. The standard InChI is InChI=1S/C15H19N3O/c1-11(2)17-13-9-6-10-16-14(13)18(15(17)19)12-7-4-3-5-8-12/h6-7,9-11H,3-5,8H2,1-2H3. The lowest BCUT2D eigenvalue weighted by molar-refractivity contribution is 0.588. The Morgan fingerprint density at radius 3 is 2.84 bits per heavy atom. The minimum absolute atomic E-state index is 0.0388. The van der Waals surface area contributed by atoms with E-state index in [1.807, 2.05) is 30.5 Å². The van der Waals surface area contributed by atoms with Crippen LogP contribution in [0.25, 0.3) is 16.9 Å². The van der Waals surface area contributed by atoms with E-state index in [1.54, 1.807) is 10.8 Å². The molecule has 0 N–H and O–H groups in total. The number of aromatic nitrogens is 3. The molecule has 0 amide bonds. The number of pyridine rings is 1. The summed E-state index contributed by atoms with van der Waals surface area (Å²) >= 11 is 0. The van der Waals surface area contributed by atoms with Crippen LogP contribution in [0.1, 0.15) is 45.6 Å². The Bertz CT molecular complexity index is 691. The lowest BCUT2D eigenvalue weighted by Gasteiger charge is -2.13. The van der Waals surface area contributed by atoms with Gasteiger partial charge in [0.2, 0.25) is 0 Å². The van der Waals surface area contributed by atoms with Gasteiger partial charge in [0.1, 0.15) is 0 Å². The predicted molar refractivity (Wildman–Crippen MR) is 77.1 cm³/mol. The molecular weight excluding hydrogens is 238 g/mol. The van der Waals surface area contributed by atoms with Crippen LogP contribution in [-0.4, -0.2) is 14.1 Å². The molecule has 0 saturated heterocycles. The number of hydrogen-bond donors (Lipinski definition) is 0. The zero-order chi connectivity index (χ0) is 13.4. The van der Waals surface area contributed by atoms with Gasteiger partial charge in [-0.3, -0.25) is 4.57 Å². The highest BCUT2D eigenvalue weighted by atomic mass is 16.1. The molecule has 3 rings (SSSR count). The summed E-state index contributed by atoms with van der Waals surface area (Å²) in [4.78, 5) is 17.1. The highest BCUT2D eigenvalue weighted by Gasteiger charge is 2.19. The predicted octanol–water partition coefficient (Wildman–Crippen LogP) is 3.19. The first-order chi connectivity index (χ1) is 9.20. The Morgan fingerprint density at radius 1 is 1.32 bits per heavy atom. The number of allylic oxidation sites excluding steroid dienone is 2. The third-order valence-electron chi connectivity index (χ3n) is 3.71. The second-order valence-corrected chi connectivity index (χ2v) is 5.37. The summed E-state index contributed by atoms with van der Waals surface area (Å²) < 4.78 is 3.63. The van der Waals surface area contributed by atoms with Crippen LogP contribution in [0.2, 0.25) is 0 Å². The third kappa shape index (κ3) is 1.91. The molecule has 0 aliphatic heterocycles. The Balaban J connectivity index is 2.33. The minimum atomic E-state index is 0.0388. The fourth-order valence-electron chi connectivity index (χ4n) is 2.83. The summed E-state index contributed by atoms with van der Waals surface area (Å²) in [6.45, 7) is 4.07. The monoisotopic (exact) mass is 257 g/mol. The molecule has 0 bridgehead atoms. The summed E-state index contributed by atoms with van der Waals surface area (Å²) in [5.74, 6) is 0. The van der Waals surface area contributed by atoms with E-state index in [1.165, 1.54) is 6.42 Å². The maximum absolute atomic E-state index is 12.7. The van der Waals surface area contributed by atoms with Crippen LogP contribution in [0.15, 0.2) is 29.2 Å². The van der Waals surface area contributed by atoms with E-state index in [0.29, 0.717) is 0 Å². The molecule has 0 saturated carbocycles. The molecule has 0 atom stereocenters. The van der Waals surface area contributed by atoms with Crippen molar-refractivity contribution in [2.75, 3.05) is 0 Å². The van der Waals surface area contributed by atoms with Gasteiger partial charge in [-0.15, -0.1) is 0 Å². The van der Waals surface area contributed by atoms with Crippen LogP contribution in [-0.2, 0) is 0 Å². The summed E-state index contributed by atoms with van der Waals surface area (Å²) in [6.07, 6.45) is 8.33. The summed E-state index contributed by atoms with van der Waals surface area (Å²) in [7, 11) is 0. The Morgan fingerprint density at radius 2 is 2.16 bits per heavy atom. The molecule has 2 aromatic heterocycles. The van der Waals surface area contributed by atoms with Gasteiger partial charge < -0.3 is 0 Å². The normalized spacial score (nSPS) is 16.1. The van der Waals surface area contributed by atoms with E-state index < -0.39 is 0 Å². The van der Waals surface area contributed by atoms with Gasteiger partial charge >= 0.3 is 5.69 Å². The first-order valence-corrected chi connectivity index (χ1v) is 6.97. The van der Waals surface area contributed by atoms with Gasteiger partial charge in [0.25, 0.3) is 0 Å². The largest absolute Gasteiger partial charge is 0.334 e. The lowest BCUT2D eigenvalue weighted by Crippen LogP contribution is -2.25. The molecule has 1 aliphatic rings. The van der Waals surface area contributed by atoms with E-state index >= 15 is 0 Å². The quantitative estimate of drug-likeness (QED) is 0.829. The summed E-state index contributed by atoms with van der Waals surface area (Å²) in [5, 5.41) is 0.